The highest BCUT2D eigenvalue weighted by Crippen LogP contribution is 2.24. The topological polar surface area (TPSA) is 52.1 Å². The highest BCUT2D eigenvalue weighted by Gasteiger charge is 2.16. The van der Waals surface area contributed by atoms with Gasteiger partial charge in [0.05, 0.1) is 19.2 Å². The van der Waals surface area contributed by atoms with Gasteiger partial charge in [-0.3, -0.25) is 14.8 Å². The van der Waals surface area contributed by atoms with Gasteiger partial charge in [-0.15, -0.1) is 0 Å². The fraction of sp³-hybridized carbons (Fsp3) is 0.353. The maximum atomic E-state index is 12.4. The molecule has 0 saturated carbocycles. The Morgan fingerprint density at radius 3 is 2.43 bits per heavy atom. The molecule has 0 radical (unpaired) electrons. The quantitative estimate of drug-likeness (QED) is 0.809. The van der Waals surface area contributed by atoms with E-state index in [1.807, 2.05) is 33.8 Å². The maximum Gasteiger partial charge on any atom is 0.187 e. The van der Waals surface area contributed by atoms with Crippen LogP contribution >= 0.6 is 0 Å². The van der Waals surface area contributed by atoms with Crippen molar-refractivity contribution in [2.75, 3.05) is 7.11 Å². The molecule has 21 heavy (non-hydrogen) atoms. The molecule has 0 fully saturated rings. The number of ketones is 1. The van der Waals surface area contributed by atoms with Crippen molar-refractivity contribution in [2.45, 2.75) is 34.1 Å². The van der Waals surface area contributed by atoms with Crippen molar-refractivity contribution in [3.63, 3.8) is 0 Å². The molecule has 0 aromatic carbocycles. The fourth-order valence-corrected chi connectivity index (χ4v) is 2.49. The van der Waals surface area contributed by atoms with Gasteiger partial charge in [-0.05, 0) is 38.8 Å². The number of aryl methyl sites for hydroxylation is 3. The van der Waals surface area contributed by atoms with Crippen molar-refractivity contribution in [2.24, 2.45) is 0 Å². The third-order valence-electron chi connectivity index (χ3n) is 3.56. The Hall–Kier alpha value is -2.23. The highest BCUT2D eigenvalue weighted by atomic mass is 16.5. The van der Waals surface area contributed by atoms with E-state index >= 15 is 0 Å². The summed E-state index contributed by atoms with van der Waals surface area (Å²) in [5.41, 5.74) is 5.09. The van der Waals surface area contributed by atoms with E-state index in [0.717, 1.165) is 33.7 Å². The second-order valence-electron chi connectivity index (χ2n) is 5.32. The van der Waals surface area contributed by atoms with Crippen molar-refractivity contribution in [3.8, 4) is 5.75 Å². The first-order valence-electron chi connectivity index (χ1n) is 6.89. The van der Waals surface area contributed by atoms with Gasteiger partial charge in [-0.1, -0.05) is 6.07 Å². The Kier molecular flexibility index (Phi) is 4.36. The molecule has 4 heteroatoms. The van der Waals surface area contributed by atoms with Gasteiger partial charge < -0.3 is 4.74 Å². The summed E-state index contributed by atoms with van der Waals surface area (Å²) in [6, 6.07) is 1.97. The lowest BCUT2D eigenvalue weighted by molar-refractivity contribution is 0.0986. The van der Waals surface area contributed by atoms with Crippen LogP contribution in [0.1, 0.15) is 38.4 Å². The Labute approximate surface area is 125 Å². The number of carbonyl (C=O) groups excluding carboxylic acids is 1. The van der Waals surface area contributed by atoms with Gasteiger partial charge in [-0.2, -0.15) is 0 Å². The van der Waals surface area contributed by atoms with E-state index in [1.54, 1.807) is 19.5 Å². The van der Waals surface area contributed by atoms with Crippen LogP contribution in [-0.4, -0.2) is 22.9 Å². The normalized spacial score (nSPS) is 10.5. The zero-order valence-corrected chi connectivity index (χ0v) is 13.2. The third-order valence-corrected chi connectivity index (χ3v) is 3.56. The smallest absolute Gasteiger partial charge is 0.187 e. The van der Waals surface area contributed by atoms with Gasteiger partial charge in [0.2, 0.25) is 0 Å². The summed E-state index contributed by atoms with van der Waals surface area (Å²) >= 11 is 0. The van der Waals surface area contributed by atoms with Crippen molar-refractivity contribution < 1.29 is 9.53 Å². The Morgan fingerprint density at radius 2 is 1.81 bits per heavy atom. The molecule has 0 N–H and O–H groups in total. The second-order valence-corrected chi connectivity index (χ2v) is 5.32. The predicted molar refractivity (Wildman–Crippen MR) is 82.0 cm³/mol. The fourth-order valence-electron chi connectivity index (χ4n) is 2.49. The lowest BCUT2D eigenvalue weighted by atomic mass is 10.0. The molecule has 0 aliphatic heterocycles. The van der Waals surface area contributed by atoms with Crippen LogP contribution < -0.4 is 4.74 Å². The van der Waals surface area contributed by atoms with Gasteiger partial charge in [0.25, 0.3) is 0 Å². The number of Topliss-reactive ketones (excluding diaryl/α,β-unsaturated/α-hetero) is 1. The zero-order valence-electron chi connectivity index (χ0n) is 13.2. The first-order valence-corrected chi connectivity index (χ1v) is 6.89. The van der Waals surface area contributed by atoms with Crippen LogP contribution in [0.3, 0.4) is 0 Å². The molecule has 2 rings (SSSR count). The van der Waals surface area contributed by atoms with Crippen LogP contribution in [0.2, 0.25) is 0 Å². The standard InChI is InChI=1S/C17H20N2O2/c1-10-6-11(2)16(19-8-10)15(20)7-14-13(4)17(21-5)12(3)9-18-14/h6,8-9H,7H2,1-5H3. The molecule has 0 unspecified atom stereocenters. The van der Waals surface area contributed by atoms with Gasteiger partial charge in [0, 0.05) is 23.5 Å². The summed E-state index contributed by atoms with van der Waals surface area (Å²) in [7, 11) is 1.63. The van der Waals surface area contributed by atoms with E-state index in [1.165, 1.54) is 0 Å². The van der Waals surface area contributed by atoms with Gasteiger partial charge >= 0.3 is 0 Å². The molecule has 0 aliphatic carbocycles. The Balaban J connectivity index is 2.32. The van der Waals surface area contributed by atoms with Crippen LogP contribution in [0.25, 0.3) is 0 Å². The molecule has 0 aliphatic rings. The summed E-state index contributed by atoms with van der Waals surface area (Å²) in [6.45, 7) is 7.74. The van der Waals surface area contributed by atoms with Crippen LogP contribution in [0.4, 0.5) is 0 Å². The Bertz CT molecular complexity index is 693. The number of rotatable bonds is 4. The highest BCUT2D eigenvalue weighted by molar-refractivity contribution is 5.97. The SMILES string of the molecule is COc1c(C)cnc(CC(=O)c2ncc(C)cc2C)c1C. The monoisotopic (exact) mass is 284 g/mol. The first kappa shape index (κ1) is 15.2. The van der Waals surface area contributed by atoms with E-state index in [4.69, 9.17) is 4.74 Å². The number of methoxy groups -OCH3 is 1. The number of nitrogens with zero attached hydrogens (tertiary/aromatic N) is 2. The average Bonchev–Trinajstić information content (AvgIpc) is 2.42. The van der Waals surface area contributed by atoms with Crippen molar-refractivity contribution >= 4 is 5.78 Å². The first-order chi connectivity index (χ1) is 9.93. The van der Waals surface area contributed by atoms with Crippen molar-refractivity contribution in [3.05, 3.63) is 52.1 Å². The zero-order chi connectivity index (χ0) is 15.6. The van der Waals surface area contributed by atoms with E-state index < -0.39 is 0 Å². The number of pyridine rings is 2. The summed E-state index contributed by atoms with van der Waals surface area (Å²) < 4.78 is 5.38. The molecule has 0 bridgehead atoms. The van der Waals surface area contributed by atoms with Crippen LogP contribution in [0.5, 0.6) is 5.75 Å². The summed E-state index contributed by atoms with van der Waals surface area (Å²) in [5, 5.41) is 0. The molecule has 2 aromatic heterocycles. The van der Waals surface area contributed by atoms with Crippen LogP contribution in [-0.2, 0) is 6.42 Å². The number of hydrogen-bond acceptors (Lipinski definition) is 4. The Morgan fingerprint density at radius 1 is 1.10 bits per heavy atom. The van der Waals surface area contributed by atoms with Gasteiger partial charge in [0.15, 0.2) is 5.78 Å². The minimum Gasteiger partial charge on any atom is -0.496 e. The van der Waals surface area contributed by atoms with E-state index in [9.17, 15) is 4.79 Å². The van der Waals surface area contributed by atoms with Crippen LogP contribution in [0, 0.1) is 27.7 Å². The number of aromatic nitrogens is 2. The van der Waals surface area contributed by atoms with Gasteiger partial charge in [-0.25, -0.2) is 0 Å². The average molecular weight is 284 g/mol. The lowest BCUT2D eigenvalue weighted by Gasteiger charge is -2.12. The molecule has 0 atom stereocenters. The molecule has 2 heterocycles. The molecular weight excluding hydrogens is 264 g/mol. The summed E-state index contributed by atoms with van der Waals surface area (Å²) in [5.74, 6) is 0.774. The molecule has 0 saturated heterocycles. The summed E-state index contributed by atoms with van der Waals surface area (Å²) in [4.78, 5) is 21.1. The van der Waals surface area contributed by atoms with Crippen molar-refractivity contribution in [1.29, 1.82) is 0 Å². The van der Waals surface area contributed by atoms with E-state index in [-0.39, 0.29) is 12.2 Å². The molecule has 4 nitrogen and oxygen atoms in total. The van der Waals surface area contributed by atoms with E-state index in [2.05, 4.69) is 9.97 Å². The largest absolute Gasteiger partial charge is 0.496 e. The lowest BCUT2D eigenvalue weighted by Crippen LogP contribution is -2.11. The number of carbonyl (C=O) groups is 1. The van der Waals surface area contributed by atoms with Crippen LogP contribution in [0.15, 0.2) is 18.5 Å². The molecule has 0 spiro atoms. The molecule has 2 aromatic rings. The maximum absolute atomic E-state index is 12.4. The molecule has 110 valence electrons. The van der Waals surface area contributed by atoms with Gasteiger partial charge in [0.1, 0.15) is 11.4 Å². The second kappa shape index (κ2) is 6.04. The minimum absolute atomic E-state index is 0.0194. The number of hydrogen-bond donors (Lipinski definition) is 0. The molecule has 0 amide bonds. The predicted octanol–water partition coefficient (Wildman–Crippen LogP) is 3.14. The van der Waals surface area contributed by atoms with E-state index in [0.29, 0.717) is 5.69 Å². The third kappa shape index (κ3) is 3.10. The van der Waals surface area contributed by atoms with Crippen molar-refractivity contribution in [1.82, 2.24) is 9.97 Å². The number of ether oxygens (including phenoxy) is 1. The minimum atomic E-state index is -0.0194. The molecular formula is C17H20N2O2. The summed E-state index contributed by atoms with van der Waals surface area (Å²) in [6.07, 6.45) is 3.69.